The molecule has 2 heterocycles. The van der Waals surface area contributed by atoms with Crippen LogP contribution < -0.4 is 15.0 Å². The number of fused-ring (bicyclic) bond motifs is 1. The van der Waals surface area contributed by atoms with Crippen molar-refractivity contribution >= 4 is 33.8 Å². The molecule has 1 aliphatic rings. The van der Waals surface area contributed by atoms with E-state index in [4.69, 9.17) is 9.47 Å². The van der Waals surface area contributed by atoms with Crippen molar-refractivity contribution in [3.05, 3.63) is 125 Å². The van der Waals surface area contributed by atoms with Gasteiger partial charge >= 0.3 is 0 Å². The first-order valence-electron chi connectivity index (χ1n) is 14.9. The van der Waals surface area contributed by atoms with E-state index in [2.05, 4.69) is 10.3 Å². The van der Waals surface area contributed by atoms with Gasteiger partial charge in [-0.1, -0.05) is 71.6 Å². The number of aliphatic hydroxyl groups is 1. The number of nitrogens with zero attached hydrogens (tertiary/aromatic N) is 4. The Hall–Kier alpha value is -5.00. The third kappa shape index (κ3) is 6.80. The highest BCUT2D eigenvalue weighted by atomic mass is 32.2. The molecule has 1 fully saturated rings. The second-order valence-electron chi connectivity index (χ2n) is 11.0. The molecule has 5 aromatic rings. The molecular formula is C35H32N4O6S. The van der Waals surface area contributed by atoms with Crippen molar-refractivity contribution < 1.29 is 24.2 Å². The third-order valence-corrected chi connectivity index (χ3v) is 9.00. The fraction of sp³-hybridized carbons (Fsp3) is 0.229. The van der Waals surface area contributed by atoms with Gasteiger partial charge in [0.15, 0.2) is 0 Å². The molecule has 0 spiro atoms. The SMILES string of the molecule is COc1ccc(Oc2ccc(C(O)[C@H](CCn3nnc4ccccc4c3=O)C(=O)N3C(=O)SC[C@@H]3Cc3ccccc3)cc2)cc1. The van der Waals surface area contributed by atoms with Crippen molar-refractivity contribution in [3.8, 4) is 17.2 Å². The first kappa shape index (κ1) is 31.0. The van der Waals surface area contributed by atoms with Gasteiger partial charge in [0.2, 0.25) is 5.91 Å². The monoisotopic (exact) mass is 636 g/mol. The number of hydrogen-bond acceptors (Lipinski definition) is 9. The second kappa shape index (κ2) is 14.0. The summed E-state index contributed by atoms with van der Waals surface area (Å²) in [7, 11) is 1.59. The van der Waals surface area contributed by atoms with Gasteiger partial charge in [-0.2, -0.15) is 0 Å². The summed E-state index contributed by atoms with van der Waals surface area (Å²) in [5, 5.41) is 20.0. The molecule has 1 aromatic heterocycles. The van der Waals surface area contributed by atoms with Gasteiger partial charge < -0.3 is 14.6 Å². The van der Waals surface area contributed by atoms with Gasteiger partial charge in [-0.25, -0.2) is 4.68 Å². The van der Waals surface area contributed by atoms with Crippen molar-refractivity contribution in [2.45, 2.75) is 31.5 Å². The fourth-order valence-electron chi connectivity index (χ4n) is 5.54. The maximum atomic E-state index is 14.2. The van der Waals surface area contributed by atoms with E-state index in [9.17, 15) is 19.5 Å². The summed E-state index contributed by atoms with van der Waals surface area (Å²) in [6.07, 6.45) is -0.729. The topological polar surface area (TPSA) is 124 Å². The lowest BCUT2D eigenvalue weighted by Gasteiger charge is -2.29. The average molecular weight is 637 g/mol. The molecule has 0 aliphatic carbocycles. The lowest BCUT2D eigenvalue weighted by atomic mass is 9.90. The van der Waals surface area contributed by atoms with Crippen LogP contribution in [0.5, 0.6) is 17.2 Å². The van der Waals surface area contributed by atoms with Crippen LogP contribution >= 0.6 is 11.8 Å². The van der Waals surface area contributed by atoms with Gasteiger partial charge in [0.1, 0.15) is 22.8 Å². The fourth-order valence-corrected chi connectivity index (χ4v) is 6.52. The van der Waals surface area contributed by atoms with Crippen LogP contribution in [0.4, 0.5) is 4.79 Å². The van der Waals surface area contributed by atoms with Crippen LogP contribution in [0.1, 0.15) is 23.7 Å². The third-order valence-electron chi connectivity index (χ3n) is 8.01. The zero-order valence-corrected chi connectivity index (χ0v) is 25.9. The zero-order chi connectivity index (χ0) is 32.0. The van der Waals surface area contributed by atoms with Crippen LogP contribution in [0.3, 0.4) is 0 Å². The number of aryl methyl sites for hydroxylation is 1. The van der Waals surface area contributed by atoms with Gasteiger partial charge in [-0.15, -0.1) is 5.10 Å². The molecule has 234 valence electrons. The highest BCUT2D eigenvalue weighted by Crippen LogP contribution is 2.34. The molecule has 1 aliphatic heterocycles. The largest absolute Gasteiger partial charge is 0.497 e. The van der Waals surface area contributed by atoms with Crippen LogP contribution in [-0.2, 0) is 17.8 Å². The van der Waals surface area contributed by atoms with Gasteiger partial charge in [-0.05, 0) is 72.5 Å². The molecule has 0 bridgehead atoms. The first-order valence-corrected chi connectivity index (χ1v) is 15.9. The Morgan fingerprint density at radius 1 is 0.913 bits per heavy atom. The summed E-state index contributed by atoms with van der Waals surface area (Å²) in [6, 6.07) is 30.1. The number of methoxy groups -OCH3 is 1. The summed E-state index contributed by atoms with van der Waals surface area (Å²) >= 11 is 1.09. The molecular weight excluding hydrogens is 604 g/mol. The number of aliphatic hydroxyl groups excluding tert-OH is 1. The molecule has 46 heavy (non-hydrogen) atoms. The minimum atomic E-state index is -1.28. The number of benzene rings is 4. The van der Waals surface area contributed by atoms with Crippen molar-refractivity contribution in [1.29, 1.82) is 0 Å². The molecule has 1 N–H and O–H groups in total. The van der Waals surface area contributed by atoms with E-state index in [1.54, 1.807) is 79.9 Å². The molecule has 4 aromatic carbocycles. The van der Waals surface area contributed by atoms with Crippen molar-refractivity contribution in [1.82, 2.24) is 19.9 Å². The van der Waals surface area contributed by atoms with E-state index in [0.29, 0.717) is 45.9 Å². The Kier molecular flexibility index (Phi) is 9.41. The number of imide groups is 1. The zero-order valence-electron chi connectivity index (χ0n) is 25.1. The Morgan fingerprint density at radius 3 is 2.28 bits per heavy atom. The van der Waals surface area contributed by atoms with Crippen molar-refractivity contribution in [2.75, 3.05) is 12.9 Å². The van der Waals surface area contributed by atoms with Crippen LogP contribution in [0, 0.1) is 5.92 Å². The Labute approximate surface area is 269 Å². The molecule has 10 nitrogen and oxygen atoms in total. The number of carbonyl (C=O) groups excluding carboxylic acids is 2. The highest BCUT2D eigenvalue weighted by Gasteiger charge is 2.42. The highest BCUT2D eigenvalue weighted by molar-refractivity contribution is 8.14. The average Bonchev–Trinajstić information content (AvgIpc) is 3.45. The van der Waals surface area contributed by atoms with Crippen LogP contribution in [0.15, 0.2) is 108 Å². The van der Waals surface area contributed by atoms with E-state index < -0.39 is 17.9 Å². The molecule has 0 radical (unpaired) electrons. The normalized spacial score (nSPS) is 15.9. The van der Waals surface area contributed by atoms with Crippen LogP contribution in [-0.4, -0.2) is 55.1 Å². The molecule has 3 atom stereocenters. The van der Waals surface area contributed by atoms with Crippen molar-refractivity contribution in [3.63, 3.8) is 0 Å². The van der Waals surface area contributed by atoms with Gasteiger partial charge in [0.25, 0.3) is 10.8 Å². The van der Waals surface area contributed by atoms with Crippen molar-refractivity contribution in [2.24, 2.45) is 5.92 Å². The molecule has 0 saturated carbocycles. The smallest absolute Gasteiger partial charge is 0.288 e. The number of aromatic nitrogens is 3. The summed E-state index contributed by atoms with van der Waals surface area (Å²) in [4.78, 5) is 41.8. The predicted molar refractivity (Wildman–Crippen MR) is 175 cm³/mol. The Morgan fingerprint density at radius 2 is 1.57 bits per heavy atom. The lowest BCUT2D eigenvalue weighted by Crippen LogP contribution is -2.45. The van der Waals surface area contributed by atoms with Crippen LogP contribution in [0.2, 0.25) is 0 Å². The molecule has 6 rings (SSSR count). The van der Waals surface area contributed by atoms with E-state index >= 15 is 0 Å². The number of carbonyl (C=O) groups is 2. The maximum absolute atomic E-state index is 14.2. The predicted octanol–water partition coefficient (Wildman–Crippen LogP) is 5.64. The second-order valence-corrected chi connectivity index (χ2v) is 11.9. The van der Waals surface area contributed by atoms with E-state index in [1.807, 2.05) is 30.3 Å². The minimum absolute atomic E-state index is 0.0152. The van der Waals surface area contributed by atoms with Gasteiger partial charge in [0.05, 0.1) is 30.6 Å². The Bertz CT molecular complexity index is 1880. The maximum Gasteiger partial charge on any atom is 0.288 e. The minimum Gasteiger partial charge on any atom is -0.497 e. The van der Waals surface area contributed by atoms with Crippen LogP contribution in [0.25, 0.3) is 10.9 Å². The molecule has 1 unspecified atom stereocenters. The molecule has 11 heteroatoms. The number of hydrogen-bond donors (Lipinski definition) is 1. The summed E-state index contributed by atoms with van der Waals surface area (Å²) in [6.45, 7) is 0.0152. The van der Waals surface area contributed by atoms with E-state index in [-0.39, 0.29) is 29.8 Å². The number of rotatable bonds is 11. The summed E-state index contributed by atoms with van der Waals surface area (Å²) < 4.78 is 12.3. The van der Waals surface area contributed by atoms with Gasteiger partial charge in [-0.3, -0.25) is 19.3 Å². The number of amides is 2. The summed E-state index contributed by atoms with van der Waals surface area (Å²) in [5.74, 6) is 0.766. The van der Waals surface area contributed by atoms with E-state index in [1.165, 1.54) is 9.58 Å². The lowest BCUT2D eigenvalue weighted by molar-refractivity contribution is -0.137. The number of thioether (sulfide) groups is 1. The quantitative estimate of drug-likeness (QED) is 0.196. The standard InChI is InChI=1S/C35H32N4O6S/c1-44-26-15-17-28(18-16-26)45-27-13-11-24(12-14-27)32(40)30(19-20-38-33(41)29-9-5-6-10-31(29)36-37-38)34(42)39-25(22-46-35(39)43)21-23-7-3-2-4-8-23/h2-18,25,30,32,40H,19-22H2,1H3/t25-,30-,32?/m0/s1. The number of ether oxygens (including phenoxy) is 2. The molecule has 1 saturated heterocycles. The Balaban J connectivity index is 1.26. The first-order chi connectivity index (χ1) is 22.4. The van der Waals surface area contributed by atoms with Gasteiger partial charge in [0, 0.05) is 12.3 Å². The molecule has 2 amide bonds. The summed E-state index contributed by atoms with van der Waals surface area (Å²) in [5.41, 5.74) is 1.59. The van der Waals surface area contributed by atoms with E-state index in [0.717, 1.165) is 17.3 Å².